The van der Waals surface area contributed by atoms with E-state index in [2.05, 4.69) is 22.1 Å². The first-order valence-corrected chi connectivity index (χ1v) is 14.6. The van der Waals surface area contributed by atoms with Gasteiger partial charge in [-0.3, -0.25) is 4.90 Å². The summed E-state index contributed by atoms with van der Waals surface area (Å²) in [5, 5.41) is 25.8. The van der Waals surface area contributed by atoms with Crippen LogP contribution in [0.15, 0.2) is 48.1 Å². The van der Waals surface area contributed by atoms with Crippen molar-refractivity contribution in [3.05, 3.63) is 64.6 Å². The maximum absolute atomic E-state index is 13.0. The van der Waals surface area contributed by atoms with Crippen LogP contribution in [0.3, 0.4) is 0 Å². The Bertz CT molecular complexity index is 1480. The Hall–Kier alpha value is -2.57. The average molecular weight is 592 g/mol. The second-order valence-electron chi connectivity index (χ2n) is 10.8. The lowest BCUT2D eigenvalue weighted by Crippen LogP contribution is -2.45. The molecule has 0 bridgehead atoms. The fourth-order valence-electron chi connectivity index (χ4n) is 6.37. The molecule has 1 aliphatic heterocycles. The van der Waals surface area contributed by atoms with E-state index in [1.54, 1.807) is 6.20 Å². The van der Waals surface area contributed by atoms with Gasteiger partial charge in [-0.25, -0.2) is 9.97 Å². The number of halogens is 4. The first-order valence-electron chi connectivity index (χ1n) is 13.3. The highest BCUT2D eigenvalue weighted by Gasteiger charge is 2.47. The van der Waals surface area contributed by atoms with E-state index in [9.17, 15) is 23.4 Å². The minimum atomic E-state index is -4.27. The van der Waals surface area contributed by atoms with Crippen molar-refractivity contribution in [3.8, 4) is 10.6 Å². The van der Waals surface area contributed by atoms with Gasteiger partial charge in [0.1, 0.15) is 16.8 Å². The summed E-state index contributed by atoms with van der Waals surface area (Å²) in [7, 11) is 0. The summed E-state index contributed by atoms with van der Waals surface area (Å²) in [6.45, 7) is -0.332. The Balaban J connectivity index is 1.29. The summed E-state index contributed by atoms with van der Waals surface area (Å²) >= 11 is 7.68. The molecular weight excluding hydrogens is 563 g/mol. The SMILES string of the molecule is O[C@@H]1[C@H](O)[C@@H](C2CCCN(CC(F)(F)F)C2)C[C@H]1n1cc(-c2nc(Cc3ccccc3)cs2)c2cnc(Cl)nc21. The molecule has 212 valence electrons. The Morgan fingerprint density at radius 2 is 1.90 bits per heavy atom. The van der Waals surface area contributed by atoms with Gasteiger partial charge in [-0.05, 0) is 54.8 Å². The molecule has 2 fully saturated rings. The lowest BCUT2D eigenvalue weighted by molar-refractivity contribution is -0.151. The van der Waals surface area contributed by atoms with Gasteiger partial charge in [0.05, 0.1) is 24.4 Å². The molecule has 0 amide bonds. The number of alkyl halides is 3. The van der Waals surface area contributed by atoms with Crippen molar-refractivity contribution in [2.24, 2.45) is 11.8 Å². The predicted octanol–water partition coefficient (Wildman–Crippen LogP) is 5.36. The summed E-state index contributed by atoms with van der Waals surface area (Å²) in [5.41, 5.74) is 3.41. The largest absolute Gasteiger partial charge is 0.401 e. The highest BCUT2D eigenvalue weighted by Crippen LogP contribution is 2.45. The molecule has 0 radical (unpaired) electrons. The van der Waals surface area contributed by atoms with Crippen LogP contribution in [0.1, 0.15) is 36.6 Å². The van der Waals surface area contributed by atoms with Gasteiger partial charge in [-0.1, -0.05) is 30.3 Å². The van der Waals surface area contributed by atoms with Crippen molar-refractivity contribution < 1.29 is 23.4 Å². The molecule has 12 heteroatoms. The molecule has 4 heterocycles. The molecule has 1 aliphatic carbocycles. The molecule has 1 saturated heterocycles. The Kier molecular flexibility index (Phi) is 7.60. The van der Waals surface area contributed by atoms with Crippen molar-refractivity contribution in [2.45, 2.75) is 50.1 Å². The Morgan fingerprint density at radius 1 is 1.10 bits per heavy atom. The maximum Gasteiger partial charge on any atom is 0.401 e. The summed E-state index contributed by atoms with van der Waals surface area (Å²) in [5.74, 6) is -0.489. The van der Waals surface area contributed by atoms with Crippen LogP contribution >= 0.6 is 22.9 Å². The number of aromatic nitrogens is 4. The van der Waals surface area contributed by atoms with Gasteiger partial charge in [0.2, 0.25) is 5.28 Å². The molecule has 40 heavy (non-hydrogen) atoms. The molecule has 5 atom stereocenters. The molecule has 3 aromatic heterocycles. The number of thiazole rings is 1. The number of hydrogen-bond acceptors (Lipinski definition) is 7. The van der Waals surface area contributed by atoms with E-state index in [1.807, 2.05) is 34.3 Å². The van der Waals surface area contributed by atoms with Crippen LogP contribution in [0.2, 0.25) is 5.28 Å². The minimum absolute atomic E-state index is 0.0574. The van der Waals surface area contributed by atoms with Gasteiger partial charge in [-0.2, -0.15) is 18.2 Å². The van der Waals surface area contributed by atoms with Crippen LogP contribution in [0.5, 0.6) is 0 Å². The summed E-state index contributed by atoms with van der Waals surface area (Å²) < 4.78 is 41.0. The third-order valence-corrected chi connectivity index (χ3v) is 9.26. The van der Waals surface area contributed by atoms with E-state index in [4.69, 9.17) is 16.6 Å². The molecule has 7 nitrogen and oxygen atoms in total. The zero-order valence-corrected chi connectivity index (χ0v) is 23.1. The lowest BCUT2D eigenvalue weighted by Gasteiger charge is -2.37. The van der Waals surface area contributed by atoms with Crippen molar-refractivity contribution in [2.75, 3.05) is 19.6 Å². The number of likely N-dealkylation sites (tertiary alicyclic amines) is 1. The molecule has 0 spiro atoms. The second-order valence-corrected chi connectivity index (χ2v) is 12.0. The van der Waals surface area contributed by atoms with Crippen LogP contribution in [0.4, 0.5) is 13.2 Å². The molecule has 4 aromatic rings. The Labute approximate surface area is 238 Å². The number of aliphatic hydroxyl groups excluding tert-OH is 2. The second kappa shape index (κ2) is 11.0. The predicted molar refractivity (Wildman–Crippen MR) is 147 cm³/mol. The van der Waals surface area contributed by atoms with E-state index in [1.165, 1.54) is 16.2 Å². The van der Waals surface area contributed by atoms with E-state index in [0.29, 0.717) is 37.9 Å². The smallest absolute Gasteiger partial charge is 0.390 e. The number of rotatable bonds is 6. The van der Waals surface area contributed by atoms with Gasteiger partial charge in [0.15, 0.2) is 0 Å². The van der Waals surface area contributed by atoms with E-state index in [-0.39, 0.29) is 23.7 Å². The van der Waals surface area contributed by atoms with Gasteiger partial charge in [-0.15, -0.1) is 11.3 Å². The fraction of sp³-hybridized carbons (Fsp3) is 0.464. The highest BCUT2D eigenvalue weighted by atomic mass is 35.5. The molecule has 2 aliphatic rings. The number of nitrogens with zero attached hydrogens (tertiary/aromatic N) is 5. The average Bonchev–Trinajstić information content (AvgIpc) is 3.60. The number of aliphatic hydroxyl groups is 2. The number of hydrogen-bond donors (Lipinski definition) is 2. The van der Waals surface area contributed by atoms with Crippen LogP contribution in [-0.4, -0.2) is 72.7 Å². The normalized spacial score (nSPS) is 26.1. The third-order valence-electron chi connectivity index (χ3n) is 8.16. The first-order chi connectivity index (χ1) is 19.2. The molecule has 2 N–H and O–H groups in total. The fourth-order valence-corrected chi connectivity index (χ4v) is 7.35. The van der Waals surface area contributed by atoms with Crippen molar-refractivity contribution in [3.63, 3.8) is 0 Å². The minimum Gasteiger partial charge on any atom is -0.390 e. The quantitative estimate of drug-likeness (QED) is 0.294. The summed E-state index contributed by atoms with van der Waals surface area (Å²) in [6.07, 6.45) is -0.476. The molecular formula is C28H29ClF3N5O2S. The molecule has 1 aromatic carbocycles. The third kappa shape index (κ3) is 5.62. The molecule has 1 unspecified atom stereocenters. The summed E-state index contributed by atoms with van der Waals surface area (Å²) in [6, 6.07) is 9.54. The van der Waals surface area contributed by atoms with Crippen LogP contribution in [-0.2, 0) is 6.42 Å². The topological polar surface area (TPSA) is 87.3 Å². The Morgan fingerprint density at radius 3 is 2.67 bits per heavy atom. The highest BCUT2D eigenvalue weighted by molar-refractivity contribution is 7.13. The standard InChI is InChI=1S/C28H29ClF3N5O2S/c29-27-33-11-20-21(26-34-18(14-40-26)9-16-5-2-1-3-6-16)13-37(25(20)35-27)22-10-19(23(38)24(22)39)17-7-4-8-36(12-17)15-28(30,31)32/h1-3,5-6,11,13-14,17,19,22-24,38-39H,4,7-10,12,15H2/t17?,19-,22-,23-,24+/m1/s1. The van der Waals surface area contributed by atoms with Crippen molar-refractivity contribution in [1.82, 2.24) is 24.4 Å². The van der Waals surface area contributed by atoms with Gasteiger partial charge < -0.3 is 14.8 Å². The maximum atomic E-state index is 13.0. The van der Waals surface area contributed by atoms with Gasteiger partial charge in [0.25, 0.3) is 0 Å². The lowest BCUT2D eigenvalue weighted by atomic mass is 9.83. The number of fused-ring (bicyclic) bond motifs is 1. The molecule has 6 rings (SSSR count). The number of benzene rings is 1. The summed E-state index contributed by atoms with van der Waals surface area (Å²) in [4.78, 5) is 14.9. The number of piperidine rings is 1. The zero-order valence-electron chi connectivity index (χ0n) is 21.5. The van der Waals surface area contributed by atoms with Crippen molar-refractivity contribution >= 4 is 34.0 Å². The van der Waals surface area contributed by atoms with E-state index in [0.717, 1.165) is 27.2 Å². The van der Waals surface area contributed by atoms with E-state index < -0.39 is 31.0 Å². The van der Waals surface area contributed by atoms with Crippen molar-refractivity contribution in [1.29, 1.82) is 0 Å². The monoisotopic (exact) mass is 591 g/mol. The van der Waals surface area contributed by atoms with Crippen LogP contribution < -0.4 is 0 Å². The zero-order chi connectivity index (χ0) is 28.0. The first kappa shape index (κ1) is 27.6. The van der Waals surface area contributed by atoms with Crippen LogP contribution in [0.25, 0.3) is 21.6 Å². The van der Waals surface area contributed by atoms with Gasteiger partial charge in [0, 0.05) is 41.7 Å². The van der Waals surface area contributed by atoms with Crippen LogP contribution in [0, 0.1) is 11.8 Å². The van der Waals surface area contributed by atoms with Gasteiger partial charge >= 0.3 is 6.18 Å². The van der Waals surface area contributed by atoms with E-state index >= 15 is 0 Å². The molecule has 1 saturated carbocycles.